The highest BCUT2D eigenvalue weighted by atomic mass is 19.4. The number of carbonyl (C=O) groups excluding carboxylic acids is 1. The molecule has 28 heavy (non-hydrogen) atoms. The number of rotatable bonds is 3. The van der Waals surface area contributed by atoms with Gasteiger partial charge >= 0.3 is 6.18 Å². The van der Waals surface area contributed by atoms with Gasteiger partial charge in [0, 0.05) is 13.1 Å². The summed E-state index contributed by atoms with van der Waals surface area (Å²) in [6.45, 7) is 0.967. The average molecular weight is 394 g/mol. The van der Waals surface area contributed by atoms with Gasteiger partial charge in [-0.15, -0.1) is 0 Å². The van der Waals surface area contributed by atoms with Gasteiger partial charge in [-0.2, -0.15) is 18.3 Å². The van der Waals surface area contributed by atoms with Gasteiger partial charge in [0.25, 0.3) is 0 Å². The number of halogens is 3. The summed E-state index contributed by atoms with van der Waals surface area (Å²) >= 11 is 0. The van der Waals surface area contributed by atoms with Gasteiger partial charge in [-0.05, 0) is 36.3 Å². The first-order valence-electron chi connectivity index (χ1n) is 9.28. The number of fused-ring (bicyclic) bond motifs is 1. The number of hydrogen-bond donors (Lipinski definition) is 1. The molecule has 1 aliphatic heterocycles. The van der Waals surface area contributed by atoms with Crippen LogP contribution in [0.2, 0.25) is 0 Å². The van der Waals surface area contributed by atoms with Crippen molar-refractivity contribution in [1.82, 2.24) is 19.7 Å². The third kappa shape index (κ3) is 3.63. The molecule has 0 radical (unpaired) electrons. The summed E-state index contributed by atoms with van der Waals surface area (Å²) in [7, 11) is 0. The van der Waals surface area contributed by atoms with E-state index < -0.39 is 17.8 Å². The van der Waals surface area contributed by atoms with Crippen LogP contribution in [-0.4, -0.2) is 49.9 Å². The second-order valence-electron chi connectivity index (χ2n) is 7.63. The minimum atomic E-state index is -4.48. The molecule has 2 aliphatic rings. The van der Waals surface area contributed by atoms with Gasteiger partial charge in [-0.1, -0.05) is 18.2 Å². The third-order valence-electron chi connectivity index (χ3n) is 5.90. The van der Waals surface area contributed by atoms with Gasteiger partial charge < -0.3 is 10.0 Å². The number of hydrogen-bond acceptors (Lipinski definition) is 4. The minimum Gasteiger partial charge on any atom is -0.391 e. The third-order valence-corrected chi connectivity index (χ3v) is 5.90. The van der Waals surface area contributed by atoms with Crippen molar-refractivity contribution in [3.63, 3.8) is 0 Å². The molecule has 4 rings (SSSR count). The lowest BCUT2D eigenvalue weighted by molar-refractivity contribution is -0.138. The smallest absolute Gasteiger partial charge is 0.391 e. The first kappa shape index (κ1) is 18.9. The summed E-state index contributed by atoms with van der Waals surface area (Å²) in [4.78, 5) is 18.3. The first-order valence-corrected chi connectivity index (χ1v) is 9.28. The fourth-order valence-electron chi connectivity index (χ4n) is 4.51. The van der Waals surface area contributed by atoms with E-state index in [-0.39, 0.29) is 35.8 Å². The van der Waals surface area contributed by atoms with Crippen LogP contribution in [-0.2, 0) is 17.4 Å². The van der Waals surface area contributed by atoms with Crippen LogP contribution in [0.3, 0.4) is 0 Å². The quantitative estimate of drug-likeness (QED) is 0.867. The molecule has 1 aromatic carbocycles. The zero-order valence-electron chi connectivity index (χ0n) is 15.1. The molecule has 6 nitrogen and oxygen atoms in total. The molecule has 1 aliphatic carbocycles. The van der Waals surface area contributed by atoms with Crippen molar-refractivity contribution >= 4 is 5.91 Å². The van der Waals surface area contributed by atoms with Crippen molar-refractivity contribution in [3.05, 3.63) is 48.0 Å². The van der Waals surface area contributed by atoms with Crippen LogP contribution in [0.4, 0.5) is 13.2 Å². The Morgan fingerprint density at radius 2 is 1.89 bits per heavy atom. The largest absolute Gasteiger partial charge is 0.416 e. The molecule has 0 unspecified atom stereocenters. The average Bonchev–Trinajstić information content (AvgIpc) is 3.29. The van der Waals surface area contributed by atoms with Gasteiger partial charge in [0.15, 0.2) is 0 Å². The summed E-state index contributed by atoms with van der Waals surface area (Å²) in [5, 5.41) is 14.6. The van der Waals surface area contributed by atoms with E-state index in [0.717, 1.165) is 6.07 Å². The van der Waals surface area contributed by atoms with Gasteiger partial charge in [-0.3, -0.25) is 4.79 Å². The van der Waals surface area contributed by atoms with Crippen LogP contribution in [0.25, 0.3) is 0 Å². The molecule has 0 spiro atoms. The molecule has 9 heteroatoms. The maximum atomic E-state index is 13.2. The first-order chi connectivity index (χ1) is 13.3. The Bertz CT molecular complexity index is 840. The molecule has 1 N–H and O–H groups in total. The highest BCUT2D eigenvalue weighted by molar-refractivity contribution is 5.79. The second-order valence-corrected chi connectivity index (χ2v) is 7.63. The number of amides is 1. The molecule has 1 saturated heterocycles. The number of aromatic nitrogens is 3. The molecule has 150 valence electrons. The fraction of sp³-hybridized carbons (Fsp3) is 0.526. The van der Waals surface area contributed by atoms with E-state index in [2.05, 4.69) is 10.1 Å². The van der Waals surface area contributed by atoms with E-state index in [1.54, 1.807) is 15.9 Å². The molecule has 1 aromatic heterocycles. The van der Waals surface area contributed by atoms with Crippen LogP contribution in [0, 0.1) is 11.8 Å². The normalized spacial score (nSPS) is 27.6. The lowest BCUT2D eigenvalue weighted by Crippen LogP contribution is -2.36. The molecule has 1 saturated carbocycles. The number of nitrogens with zero attached hydrogens (tertiary/aromatic N) is 4. The maximum Gasteiger partial charge on any atom is 0.416 e. The SMILES string of the molecule is O=C(Cc1ccccc1C(F)(F)F)N1C[C@H]2C[C@@H](n3cncn3)[C@H](O)C[C@H]2C1. The van der Waals surface area contributed by atoms with Gasteiger partial charge in [0.1, 0.15) is 12.7 Å². The second kappa shape index (κ2) is 7.20. The van der Waals surface area contributed by atoms with Crippen LogP contribution in [0.15, 0.2) is 36.9 Å². The zero-order chi connectivity index (χ0) is 19.9. The lowest BCUT2D eigenvalue weighted by atomic mass is 9.77. The van der Waals surface area contributed by atoms with Gasteiger partial charge in [0.05, 0.1) is 24.1 Å². The zero-order valence-corrected chi connectivity index (χ0v) is 15.1. The molecule has 2 heterocycles. The Balaban J connectivity index is 1.44. The summed E-state index contributed by atoms with van der Waals surface area (Å²) < 4.78 is 41.2. The molecular formula is C19H21F3N4O2. The molecule has 2 aromatic rings. The van der Waals surface area contributed by atoms with E-state index in [1.807, 2.05) is 0 Å². The van der Waals surface area contributed by atoms with E-state index in [1.165, 1.54) is 24.5 Å². The number of likely N-dealkylation sites (tertiary alicyclic amines) is 1. The summed E-state index contributed by atoms with van der Waals surface area (Å²) in [5.74, 6) is 0.0360. The number of aliphatic hydroxyl groups is 1. The standard InChI is InChI=1S/C19H21F3N4O2/c20-19(21,22)15-4-2-1-3-12(15)7-18(28)25-8-13-5-16(26-11-23-10-24-26)17(27)6-14(13)9-25/h1-4,10-11,13-14,16-17,27H,5-9H2/t13-,14+,16-,17-/m1/s1. The van der Waals surface area contributed by atoms with Gasteiger partial charge in [0.2, 0.25) is 5.91 Å². The van der Waals surface area contributed by atoms with Crippen LogP contribution in [0.1, 0.15) is 30.0 Å². The highest BCUT2D eigenvalue weighted by Gasteiger charge is 2.44. The fourth-order valence-corrected chi connectivity index (χ4v) is 4.51. The summed E-state index contributed by atoms with van der Waals surface area (Å²) in [6.07, 6.45) is -1.14. The predicted octanol–water partition coefficient (Wildman–Crippen LogP) is 2.31. The summed E-state index contributed by atoms with van der Waals surface area (Å²) in [5.41, 5.74) is -0.767. The number of carbonyl (C=O) groups is 1. The maximum absolute atomic E-state index is 13.2. The highest BCUT2D eigenvalue weighted by Crippen LogP contribution is 2.41. The van der Waals surface area contributed by atoms with Gasteiger partial charge in [-0.25, -0.2) is 9.67 Å². The number of aliphatic hydroxyl groups excluding tert-OH is 1. The Kier molecular flexibility index (Phi) is 4.86. The monoisotopic (exact) mass is 394 g/mol. The summed E-state index contributed by atoms with van der Waals surface area (Å²) in [6, 6.07) is 5.01. The van der Waals surface area contributed by atoms with Crippen molar-refractivity contribution in [2.75, 3.05) is 13.1 Å². The van der Waals surface area contributed by atoms with Crippen LogP contribution >= 0.6 is 0 Å². The minimum absolute atomic E-state index is 0.00426. The molecule has 1 amide bonds. The van der Waals surface area contributed by atoms with Crippen LogP contribution in [0.5, 0.6) is 0 Å². The Morgan fingerprint density at radius 3 is 2.57 bits per heavy atom. The predicted molar refractivity (Wildman–Crippen MR) is 93.0 cm³/mol. The van der Waals surface area contributed by atoms with Crippen molar-refractivity contribution in [1.29, 1.82) is 0 Å². The molecule has 0 bridgehead atoms. The molecular weight excluding hydrogens is 373 g/mol. The van der Waals surface area contributed by atoms with E-state index in [9.17, 15) is 23.1 Å². The Morgan fingerprint density at radius 1 is 1.18 bits per heavy atom. The Hall–Kier alpha value is -2.42. The topological polar surface area (TPSA) is 71.2 Å². The Labute approximate surface area is 160 Å². The lowest BCUT2D eigenvalue weighted by Gasteiger charge is -2.34. The van der Waals surface area contributed by atoms with E-state index in [0.29, 0.717) is 25.9 Å². The van der Waals surface area contributed by atoms with Crippen molar-refractivity contribution < 1.29 is 23.1 Å². The van der Waals surface area contributed by atoms with Crippen molar-refractivity contribution in [2.45, 2.75) is 37.6 Å². The molecule has 2 fully saturated rings. The van der Waals surface area contributed by atoms with Crippen LogP contribution < -0.4 is 0 Å². The number of benzene rings is 1. The van der Waals surface area contributed by atoms with Crippen molar-refractivity contribution in [3.8, 4) is 0 Å². The molecule has 4 atom stereocenters. The van der Waals surface area contributed by atoms with E-state index >= 15 is 0 Å². The van der Waals surface area contributed by atoms with E-state index in [4.69, 9.17) is 0 Å². The number of alkyl halides is 3. The van der Waals surface area contributed by atoms with Crippen molar-refractivity contribution in [2.24, 2.45) is 11.8 Å².